The van der Waals surface area contributed by atoms with Gasteiger partial charge in [0.15, 0.2) is 0 Å². The summed E-state index contributed by atoms with van der Waals surface area (Å²) in [6, 6.07) is 2.24. The largest absolute Gasteiger partial charge is 0.480 e. The lowest BCUT2D eigenvalue weighted by atomic mass is 9.79. The van der Waals surface area contributed by atoms with Gasteiger partial charge in [0.05, 0.1) is 5.92 Å². The molecule has 7 heteroatoms. The van der Waals surface area contributed by atoms with Gasteiger partial charge in [-0.15, -0.1) is 0 Å². The molecule has 7 nitrogen and oxygen atoms in total. The molecule has 0 radical (unpaired) electrons. The Kier molecular flexibility index (Phi) is 6.87. The molecule has 2 amide bonds. The quantitative estimate of drug-likeness (QED) is 0.708. The first kappa shape index (κ1) is 21.3. The van der Waals surface area contributed by atoms with E-state index in [0.717, 1.165) is 23.3 Å². The summed E-state index contributed by atoms with van der Waals surface area (Å²) in [6.07, 6.45) is 10.3. The molecule has 0 spiro atoms. The van der Waals surface area contributed by atoms with Crippen LogP contribution in [-0.4, -0.2) is 38.8 Å². The predicted molar refractivity (Wildman–Crippen MR) is 109 cm³/mol. The smallest absolute Gasteiger partial charge is 0.327 e. The molecule has 0 aromatic carbocycles. The number of nitrogens with two attached hydrogens (primary N) is 1. The van der Waals surface area contributed by atoms with Gasteiger partial charge in [-0.05, 0) is 36.0 Å². The van der Waals surface area contributed by atoms with Crippen LogP contribution in [0.4, 0.5) is 5.82 Å². The van der Waals surface area contributed by atoms with Crippen LogP contribution in [0.5, 0.6) is 0 Å². The minimum absolute atomic E-state index is 0.155. The predicted octanol–water partition coefficient (Wildman–Crippen LogP) is 3.03. The van der Waals surface area contributed by atoms with Gasteiger partial charge in [0.2, 0.25) is 11.8 Å². The fourth-order valence-electron chi connectivity index (χ4n) is 4.78. The number of nitrogen functional groups attached to an aromatic ring is 1. The number of rotatable bonds is 6. The Morgan fingerprint density at radius 1 is 1.24 bits per heavy atom. The number of aliphatic carboxylic acids is 1. The number of carboxylic acid groups (broad SMARTS) is 1. The summed E-state index contributed by atoms with van der Waals surface area (Å²) in [5.74, 6) is -1.69. The van der Waals surface area contributed by atoms with Crippen molar-refractivity contribution in [2.45, 2.75) is 70.8 Å². The van der Waals surface area contributed by atoms with Crippen molar-refractivity contribution in [2.75, 3.05) is 5.73 Å². The molecular weight excluding hydrogens is 370 g/mol. The Morgan fingerprint density at radius 3 is 2.52 bits per heavy atom. The van der Waals surface area contributed by atoms with Gasteiger partial charge in [0, 0.05) is 12.6 Å². The zero-order chi connectivity index (χ0) is 21.0. The van der Waals surface area contributed by atoms with E-state index < -0.39 is 23.8 Å². The van der Waals surface area contributed by atoms with E-state index in [1.165, 1.54) is 38.3 Å². The Bertz CT molecular complexity index is 758. The average Bonchev–Trinajstić information content (AvgIpc) is 2.63. The van der Waals surface area contributed by atoms with Crippen LogP contribution in [-0.2, 0) is 20.8 Å². The molecule has 2 fully saturated rings. The number of nitrogens with zero attached hydrogens (tertiary/aromatic N) is 2. The van der Waals surface area contributed by atoms with Crippen molar-refractivity contribution < 1.29 is 19.5 Å². The first-order valence-electron chi connectivity index (χ1n) is 10.7. The van der Waals surface area contributed by atoms with Crippen LogP contribution in [0.1, 0.15) is 63.9 Å². The van der Waals surface area contributed by atoms with Crippen molar-refractivity contribution in [3.05, 3.63) is 23.9 Å². The Morgan fingerprint density at radius 2 is 1.90 bits per heavy atom. The van der Waals surface area contributed by atoms with Gasteiger partial charge in [-0.2, -0.15) is 0 Å². The fraction of sp³-hybridized carbons (Fsp3) is 0.636. The zero-order valence-corrected chi connectivity index (χ0v) is 17.0. The molecule has 158 valence electrons. The summed E-state index contributed by atoms with van der Waals surface area (Å²) in [5, 5.41) is 9.64. The second-order valence-electron chi connectivity index (χ2n) is 8.57. The number of hydrogen-bond donors (Lipinski definition) is 2. The summed E-state index contributed by atoms with van der Waals surface area (Å²) in [6.45, 7) is 2.06. The van der Waals surface area contributed by atoms with Gasteiger partial charge in [-0.3, -0.25) is 14.5 Å². The number of imide groups is 1. The number of hydrogen-bond acceptors (Lipinski definition) is 5. The number of carboxylic acids is 1. The third-order valence-electron chi connectivity index (χ3n) is 6.49. The molecule has 29 heavy (non-hydrogen) atoms. The molecule has 1 aromatic heterocycles. The fourth-order valence-corrected chi connectivity index (χ4v) is 4.78. The molecule has 1 aliphatic carbocycles. The first-order chi connectivity index (χ1) is 13.9. The molecule has 3 N–H and O–H groups in total. The van der Waals surface area contributed by atoms with Crippen LogP contribution in [0, 0.1) is 17.8 Å². The highest BCUT2D eigenvalue weighted by atomic mass is 16.4. The standard InChI is InChI=1S/C22H31N3O4/c1-14(16-7-5-3-2-4-6-8-16)11-19(26)25-20(22(28)29)17(21(25)27)12-15-9-10-24-18(23)13-15/h9-10,13-14,16-17,20H,2-8,11-12H2,1H3,(H2,23,24)(H,28,29)/t14-,17+,20-/m0/s1. The van der Waals surface area contributed by atoms with Gasteiger partial charge in [0.25, 0.3) is 0 Å². The van der Waals surface area contributed by atoms with Crippen molar-refractivity contribution in [3.8, 4) is 0 Å². The number of pyridine rings is 1. The van der Waals surface area contributed by atoms with Crippen molar-refractivity contribution >= 4 is 23.6 Å². The van der Waals surface area contributed by atoms with Gasteiger partial charge in [-0.1, -0.05) is 51.9 Å². The third kappa shape index (κ3) is 4.95. The Labute approximate surface area is 171 Å². The SMILES string of the molecule is C[C@@H](CC(=O)N1C(=O)[C@H](Cc2ccnc(N)c2)[C@H]1C(=O)O)C1CCCCCCC1. The number of amides is 2. The lowest BCUT2D eigenvalue weighted by molar-refractivity contribution is -0.177. The van der Waals surface area contributed by atoms with Crippen molar-refractivity contribution in [1.29, 1.82) is 0 Å². The van der Waals surface area contributed by atoms with Crippen LogP contribution in [0.3, 0.4) is 0 Å². The normalized spacial score (nSPS) is 24.3. The van der Waals surface area contributed by atoms with Gasteiger partial charge in [0.1, 0.15) is 11.9 Å². The van der Waals surface area contributed by atoms with E-state index >= 15 is 0 Å². The summed E-state index contributed by atoms with van der Waals surface area (Å²) < 4.78 is 0. The molecular formula is C22H31N3O4. The minimum atomic E-state index is -1.14. The average molecular weight is 402 g/mol. The molecule has 0 bridgehead atoms. The van der Waals surface area contributed by atoms with E-state index in [1.807, 2.05) is 0 Å². The van der Waals surface area contributed by atoms with Crippen molar-refractivity contribution in [2.24, 2.45) is 17.8 Å². The molecule has 1 saturated heterocycles. The van der Waals surface area contributed by atoms with Crippen LogP contribution >= 0.6 is 0 Å². The monoisotopic (exact) mass is 401 g/mol. The van der Waals surface area contributed by atoms with Gasteiger partial charge in [-0.25, -0.2) is 9.78 Å². The number of likely N-dealkylation sites (tertiary alicyclic amines) is 1. The van der Waals surface area contributed by atoms with Crippen molar-refractivity contribution in [3.63, 3.8) is 0 Å². The van der Waals surface area contributed by atoms with E-state index in [2.05, 4.69) is 11.9 Å². The van der Waals surface area contributed by atoms with Gasteiger partial charge >= 0.3 is 5.97 Å². The van der Waals surface area contributed by atoms with Crippen LogP contribution in [0.25, 0.3) is 0 Å². The highest BCUT2D eigenvalue weighted by molar-refractivity contribution is 6.08. The maximum Gasteiger partial charge on any atom is 0.327 e. The lowest BCUT2D eigenvalue weighted by Crippen LogP contribution is -2.67. The molecule has 1 saturated carbocycles. The molecule has 3 rings (SSSR count). The van der Waals surface area contributed by atoms with E-state index in [4.69, 9.17) is 5.73 Å². The molecule has 2 heterocycles. The van der Waals surface area contributed by atoms with Crippen LogP contribution in [0.2, 0.25) is 0 Å². The molecule has 3 atom stereocenters. The number of β-lactam (4-membered cyclic amide) rings is 1. The molecule has 0 unspecified atom stereocenters. The Hall–Kier alpha value is -2.44. The number of carbonyl (C=O) groups is 3. The summed E-state index contributed by atoms with van der Waals surface area (Å²) in [5.41, 5.74) is 6.42. The minimum Gasteiger partial charge on any atom is -0.480 e. The second-order valence-corrected chi connectivity index (χ2v) is 8.57. The van der Waals surface area contributed by atoms with Gasteiger partial charge < -0.3 is 10.8 Å². The molecule has 1 aliphatic heterocycles. The first-order valence-corrected chi connectivity index (χ1v) is 10.7. The third-order valence-corrected chi connectivity index (χ3v) is 6.49. The zero-order valence-electron chi connectivity index (χ0n) is 17.0. The van der Waals surface area contributed by atoms with Crippen molar-refractivity contribution in [1.82, 2.24) is 9.88 Å². The maximum atomic E-state index is 12.8. The lowest BCUT2D eigenvalue weighted by Gasteiger charge is -2.43. The highest BCUT2D eigenvalue weighted by Crippen LogP contribution is 2.34. The van der Waals surface area contributed by atoms with E-state index in [1.54, 1.807) is 12.1 Å². The summed E-state index contributed by atoms with van der Waals surface area (Å²) >= 11 is 0. The number of aromatic nitrogens is 1. The Balaban J connectivity index is 1.63. The summed E-state index contributed by atoms with van der Waals surface area (Å²) in [4.78, 5) is 42.2. The van der Waals surface area contributed by atoms with Crippen LogP contribution < -0.4 is 5.73 Å². The van der Waals surface area contributed by atoms with E-state index in [-0.39, 0.29) is 24.7 Å². The molecule has 2 aliphatic rings. The highest BCUT2D eigenvalue weighted by Gasteiger charge is 2.54. The second kappa shape index (κ2) is 9.37. The topological polar surface area (TPSA) is 114 Å². The van der Waals surface area contributed by atoms with E-state index in [9.17, 15) is 19.5 Å². The maximum absolute atomic E-state index is 12.8. The number of anilines is 1. The van der Waals surface area contributed by atoms with E-state index in [0.29, 0.717) is 11.7 Å². The number of carbonyl (C=O) groups excluding carboxylic acids is 2. The molecule has 1 aromatic rings. The van der Waals surface area contributed by atoms with Crippen LogP contribution in [0.15, 0.2) is 18.3 Å². The summed E-state index contributed by atoms with van der Waals surface area (Å²) in [7, 11) is 0.